The Bertz CT molecular complexity index is 1170. The number of nitrogens with zero attached hydrogens (tertiary/aromatic N) is 2. The van der Waals surface area contributed by atoms with Crippen molar-refractivity contribution in [2.45, 2.75) is 33.3 Å². The molecule has 5 rings (SSSR count). The van der Waals surface area contributed by atoms with Crippen molar-refractivity contribution in [2.75, 3.05) is 36.0 Å². The van der Waals surface area contributed by atoms with Gasteiger partial charge in [-0.15, -0.1) is 0 Å². The van der Waals surface area contributed by atoms with Gasteiger partial charge < -0.3 is 19.3 Å². The summed E-state index contributed by atoms with van der Waals surface area (Å²) >= 11 is 0. The molecule has 0 atom stereocenters. The number of fused-ring (bicyclic) bond motifs is 6. The molecule has 0 N–H and O–H groups in total. The van der Waals surface area contributed by atoms with Crippen molar-refractivity contribution in [3.8, 4) is 11.5 Å². The topological polar surface area (TPSA) is 42.0 Å². The van der Waals surface area contributed by atoms with Crippen LogP contribution in [0.4, 0.5) is 11.4 Å². The van der Waals surface area contributed by atoms with Crippen LogP contribution in [0, 0.1) is 0 Å². The van der Waals surface area contributed by atoms with Crippen LogP contribution >= 0.6 is 0 Å². The lowest BCUT2D eigenvalue weighted by Gasteiger charge is -2.38. The zero-order valence-corrected chi connectivity index (χ0v) is 19.7. The lowest BCUT2D eigenvalue weighted by molar-refractivity contribution is 0.0225. The van der Waals surface area contributed by atoms with Gasteiger partial charge in [0.1, 0.15) is 11.5 Å². The van der Waals surface area contributed by atoms with Gasteiger partial charge in [0.15, 0.2) is 5.60 Å². The highest BCUT2D eigenvalue weighted by Gasteiger charge is 2.56. The second-order valence-electron chi connectivity index (χ2n) is 8.36. The molecule has 0 unspecified atom stereocenters. The van der Waals surface area contributed by atoms with Crippen LogP contribution in [0.2, 0.25) is 0 Å². The predicted molar refractivity (Wildman–Crippen MR) is 132 cm³/mol. The van der Waals surface area contributed by atoms with E-state index in [1.165, 1.54) is 0 Å². The number of benzene rings is 3. The van der Waals surface area contributed by atoms with Crippen LogP contribution in [0.3, 0.4) is 0 Å². The lowest BCUT2D eigenvalue weighted by Crippen LogP contribution is -2.35. The Morgan fingerprint density at radius 3 is 1.73 bits per heavy atom. The van der Waals surface area contributed by atoms with Gasteiger partial charge in [-0.25, -0.2) is 4.79 Å². The lowest BCUT2D eigenvalue weighted by atomic mass is 9.76. The summed E-state index contributed by atoms with van der Waals surface area (Å²) in [6.45, 7) is 11.8. The van der Waals surface area contributed by atoms with Crippen molar-refractivity contribution >= 4 is 17.3 Å². The van der Waals surface area contributed by atoms with Crippen LogP contribution in [0.25, 0.3) is 0 Å². The average Bonchev–Trinajstić information content (AvgIpc) is 3.15. The van der Waals surface area contributed by atoms with Gasteiger partial charge in [-0.2, -0.15) is 0 Å². The van der Waals surface area contributed by atoms with Crippen LogP contribution in [-0.4, -0.2) is 32.1 Å². The van der Waals surface area contributed by atoms with E-state index in [2.05, 4.69) is 49.6 Å². The Labute approximate surface area is 195 Å². The summed E-state index contributed by atoms with van der Waals surface area (Å²) in [5.41, 5.74) is 4.21. The fourth-order valence-electron chi connectivity index (χ4n) is 5.38. The highest BCUT2D eigenvalue weighted by Crippen LogP contribution is 2.59. The SMILES string of the molecule is CCN(CC)c1ccc(N(CC)CC)c2c1C(=O)OC21c2ccccc2Oc2ccccc21. The number of rotatable bonds is 6. The molecule has 2 aliphatic heterocycles. The van der Waals surface area contributed by atoms with Crippen LogP contribution in [-0.2, 0) is 10.3 Å². The summed E-state index contributed by atoms with van der Waals surface area (Å²) < 4.78 is 12.8. The van der Waals surface area contributed by atoms with Crippen LogP contribution in [0.15, 0.2) is 60.7 Å². The van der Waals surface area contributed by atoms with Gasteiger partial charge in [0.25, 0.3) is 0 Å². The number of carbonyl (C=O) groups is 1. The summed E-state index contributed by atoms with van der Waals surface area (Å²) in [6, 6.07) is 20.0. The van der Waals surface area contributed by atoms with Gasteiger partial charge in [-0.05, 0) is 52.0 Å². The fourth-order valence-corrected chi connectivity index (χ4v) is 5.38. The number of hydrogen-bond acceptors (Lipinski definition) is 5. The first-order chi connectivity index (χ1) is 16.1. The Morgan fingerprint density at radius 2 is 1.18 bits per heavy atom. The van der Waals surface area contributed by atoms with E-state index in [-0.39, 0.29) is 5.97 Å². The molecule has 1 spiro atoms. The van der Waals surface area contributed by atoms with Crippen molar-refractivity contribution < 1.29 is 14.3 Å². The minimum absolute atomic E-state index is 0.285. The monoisotopic (exact) mass is 442 g/mol. The second kappa shape index (κ2) is 8.14. The molecule has 5 heteroatoms. The summed E-state index contributed by atoms with van der Waals surface area (Å²) in [7, 11) is 0. The van der Waals surface area contributed by atoms with E-state index in [9.17, 15) is 4.79 Å². The maximum Gasteiger partial charge on any atom is 0.342 e. The largest absolute Gasteiger partial charge is 0.456 e. The first-order valence-corrected chi connectivity index (χ1v) is 11.9. The molecule has 3 aromatic carbocycles. The molecule has 0 saturated heterocycles. The Hall–Kier alpha value is -3.47. The van der Waals surface area contributed by atoms with Crippen molar-refractivity contribution in [1.29, 1.82) is 0 Å². The molecular formula is C28H30N2O3. The summed E-state index contributed by atoms with van der Waals surface area (Å²) in [5.74, 6) is 1.15. The molecule has 3 aromatic rings. The molecule has 0 fully saturated rings. The van der Waals surface area contributed by atoms with Crippen molar-refractivity contribution in [3.05, 3.63) is 82.9 Å². The predicted octanol–water partition coefficient (Wildman–Crippen LogP) is 5.95. The van der Waals surface area contributed by atoms with Crippen LogP contribution < -0.4 is 14.5 Å². The smallest absolute Gasteiger partial charge is 0.342 e. The van der Waals surface area contributed by atoms with Gasteiger partial charge in [-0.3, -0.25) is 0 Å². The van der Waals surface area contributed by atoms with Crippen LogP contribution in [0.1, 0.15) is 54.7 Å². The van der Waals surface area contributed by atoms with Gasteiger partial charge in [0.2, 0.25) is 0 Å². The molecular weight excluding hydrogens is 412 g/mol. The molecule has 5 nitrogen and oxygen atoms in total. The first kappa shape index (κ1) is 21.4. The minimum Gasteiger partial charge on any atom is -0.456 e. The Morgan fingerprint density at radius 1 is 0.697 bits per heavy atom. The van der Waals surface area contributed by atoms with Crippen molar-refractivity contribution in [3.63, 3.8) is 0 Å². The molecule has 2 aliphatic rings. The molecule has 2 heterocycles. The highest BCUT2D eigenvalue weighted by molar-refractivity contribution is 6.04. The molecule has 0 radical (unpaired) electrons. The molecule has 0 bridgehead atoms. The Balaban J connectivity index is 1.93. The number of esters is 1. The number of hydrogen-bond donors (Lipinski definition) is 0. The fraction of sp³-hybridized carbons (Fsp3) is 0.321. The molecule has 0 amide bonds. The Kier molecular flexibility index (Phi) is 5.28. The number of anilines is 2. The van der Waals surface area contributed by atoms with E-state index < -0.39 is 5.60 Å². The van der Waals surface area contributed by atoms with Gasteiger partial charge in [0.05, 0.1) is 11.3 Å². The third kappa shape index (κ3) is 2.95. The second-order valence-corrected chi connectivity index (χ2v) is 8.36. The molecule has 170 valence electrons. The summed E-state index contributed by atoms with van der Waals surface area (Å²) in [6.07, 6.45) is 0. The normalized spacial score (nSPS) is 14.7. The van der Waals surface area contributed by atoms with E-state index in [0.29, 0.717) is 5.56 Å². The summed E-state index contributed by atoms with van der Waals surface area (Å²) in [5, 5.41) is 0. The molecule has 33 heavy (non-hydrogen) atoms. The van der Waals surface area contributed by atoms with E-state index in [1.54, 1.807) is 0 Å². The standard InChI is InChI=1S/C28H30N2O3/c1-5-29(6-2)21-17-18-22(30(7-3)8-4)26-25(21)27(31)33-28(26)19-13-9-11-15-23(19)32-24-16-12-10-14-20(24)28/h9-18H,5-8H2,1-4H3. The maximum absolute atomic E-state index is 13.8. The quantitative estimate of drug-likeness (QED) is 0.442. The minimum atomic E-state index is -1.06. The third-order valence-corrected chi connectivity index (χ3v) is 6.92. The number of ether oxygens (including phenoxy) is 2. The van der Waals surface area contributed by atoms with Crippen molar-refractivity contribution in [1.82, 2.24) is 0 Å². The zero-order chi connectivity index (χ0) is 23.2. The van der Waals surface area contributed by atoms with E-state index in [0.717, 1.165) is 65.7 Å². The van der Waals surface area contributed by atoms with Gasteiger partial charge in [0, 0.05) is 48.6 Å². The van der Waals surface area contributed by atoms with E-state index >= 15 is 0 Å². The van der Waals surface area contributed by atoms with Gasteiger partial charge in [-0.1, -0.05) is 36.4 Å². The van der Waals surface area contributed by atoms with Gasteiger partial charge >= 0.3 is 5.97 Å². The van der Waals surface area contributed by atoms with E-state index in [4.69, 9.17) is 9.47 Å². The third-order valence-electron chi connectivity index (χ3n) is 6.92. The maximum atomic E-state index is 13.8. The van der Waals surface area contributed by atoms with Crippen LogP contribution in [0.5, 0.6) is 11.5 Å². The van der Waals surface area contributed by atoms with Crippen molar-refractivity contribution in [2.24, 2.45) is 0 Å². The number of carbonyl (C=O) groups excluding carboxylic acids is 1. The highest BCUT2D eigenvalue weighted by atomic mass is 16.6. The molecule has 0 aromatic heterocycles. The first-order valence-electron chi connectivity index (χ1n) is 11.9. The number of para-hydroxylation sites is 2. The summed E-state index contributed by atoms with van der Waals surface area (Å²) in [4.78, 5) is 18.3. The molecule has 0 aliphatic carbocycles. The van der Waals surface area contributed by atoms with E-state index in [1.807, 2.05) is 48.5 Å². The average molecular weight is 443 g/mol. The molecule has 0 saturated carbocycles. The zero-order valence-electron chi connectivity index (χ0n) is 19.7.